The Kier molecular flexibility index (Phi) is 4.68. The summed E-state index contributed by atoms with van der Waals surface area (Å²) in [5, 5.41) is 0.625. The average Bonchev–Trinajstić information content (AvgIpc) is 2.43. The van der Waals surface area contributed by atoms with E-state index in [0.29, 0.717) is 5.02 Å². The van der Waals surface area contributed by atoms with Gasteiger partial charge in [0.15, 0.2) is 12.4 Å². The molecule has 7 nitrogen and oxygen atoms in total. The minimum absolute atomic E-state index is 0.0229. The second-order valence-electron chi connectivity index (χ2n) is 3.96. The number of hydrogen-bond acceptors (Lipinski definition) is 7. The van der Waals surface area contributed by atoms with Gasteiger partial charge in [-0.05, 0) is 23.8 Å². The third kappa shape index (κ3) is 4.73. The van der Waals surface area contributed by atoms with Crippen molar-refractivity contribution in [2.24, 2.45) is 0 Å². The van der Waals surface area contributed by atoms with Crippen LogP contribution in [-0.2, 0) is 16.1 Å². The van der Waals surface area contributed by atoms with Crippen LogP contribution in [0, 0.1) is 0 Å². The van der Waals surface area contributed by atoms with Gasteiger partial charge in [0.1, 0.15) is 0 Å². The van der Waals surface area contributed by atoms with Crippen molar-refractivity contribution in [2.45, 2.75) is 6.61 Å². The summed E-state index contributed by atoms with van der Waals surface area (Å²) in [6.07, 6.45) is 2.89. The van der Waals surface area contributed by atoms with E-state index in [-0.39, 0.29) is 24.3 Å². The zero-order valence-corrected chi connectivity index (χ0v) is 11.6. The van der Waals surface area contributed by atoms with Gasteiger partial charge in [-0.3, -0.25) is 0 Å². The molecule has 0 aliphatic heterocycles. The Balaban J connectivity index is 1.91. The molecule has 0 fully saturated rings. The van der Waals surface area contributed by atoms with Crippen LogP contribution in [0.4, 0.5) is 11.9 Å². The smallest absolute Gasteiger partial charge is 0.331 e. The number of aromatic nitrogens is 3. The van der Waals surface area contributed by atoms with Gasteiger partial charge in [-0.1, -0.05) is 23.7 Å². The third-order valence-electron chi connectivity index (χ3n) is 2.34. The first-order valence-corrected chi connectivity index (χ1v) is 6.27. The number of nitrogens with zero attached hydrogens (tertiary/aromatic N) is 3. The van der Waals surface area contributed by atoms with Crippen LogP contribution in [0.25, 0.3) is 6.08 Å². The first kappa shape index (κ1) is 14.7. The van der Waals surface area contributed by atoms with Crippen molar-refractivity contribution in [3.8, 4) is 0 Å². The number of benzene rings is 1. The average molecular weight is 306 g/mol. The fourth-order valence-corrected chi connectivity index (χ4v) is 1.57. The SMILES string of the molecule is Nc1nc(N)nc(COC(=O)/C=C/c2ccc(Cl)cc2)n1. The highest BCUT2D eigenvalue weighted by molar-refractivity contribution is 6.30. The van der Waals surface area contributed by atoms with Gasteiger partial charge >= 0.3 is 5.97 Å². The zero-order valence-electron chi connectivity index (χ0n) is 10.9. The highest BCUT2D eigenvalue weighted by atomic mass is 35.5. The van der Waals surface area contributed by atoms with Gasteiger partial charge in [-0.25, -0.2) is 4.79 Å². The van der Waals surface area contributed by atoms with Gasteiger partial charge in [0.2, 0.25) is 11.9 Å². The summed E-state index contributed by atoms with van der Waals surface area (Å²) in [7, 11) is 0. The maximum Gasteiger partial charge on any atom is 0.331 e. The number of rotatable bonds is 4. The van der Waals surface area contributed by atoms with Crippen molar-refractivity contribution in [1.82, 2.24) is 15.0 Å². The molecular weight excluding hydrogens is 294 g/mol. The second-order valence-corrected chi connectivity index (χ2v) is 4.40. The molecule has 0 saturated carbocycles. The number of carbonyl (C=O) groups is 1. The largest absolute Gasteiger partial charge is 0.454 e. The van der Waals surface area contributed by atoms with Crippen molar-refractivity contribution in [2.75, 3.05) is 11.5 Å². The summed E-state index contributed by atoms with van der Waals surface area (Å²) < 4.78 is 4.97. The van der Waals surface area contributed by atoms with E-state index in [1.165, 1.54) is 6.08 Å². The molecule has 8 heteroatoms. The summed E-state index contributed by atoms with van der Waals surface area (Å²) in [5.74, 6) is -0.397. The first-order valence-electron chi connectivity index (χ1n) is 5.89. The summed E-state index contributed by atoms with van der Waals surface area (Å²) in [4.78, 5) is 22.8. The molecule has 0 saturated heterocycles. The van der Waals surface area contributed by atoms with Gasteiger partial charge in [0.05, 0.1) is 0 Å². The highest BCUT2D eigenvalue weighted by Crippen LogP contribution is 2.10. The van der Waals surface area contributed by atoms with Gasteiger partial charge in [0, 0.05) is 11.1 Å². The van der Waals surface area contributed by atoms with Gasteiger partial charge in [-0.2, -0.15) is 15.0 Å². The summed E-state index contributed by atoms with van der Waals surface area (Å²) in [6.45, 7) is -0.138. The molecule has 1 aromatic heterocycles. The van der Waals surface area contributed by atoms with E-state index < -0.39 is 5.97 Å². The summed E-state index contributed by atoms with van der Waals surface area (Å²) in [6, 6.07) is 7.00. The number of esters is 1. The van der Waals surface area contributed by atoms with Crippen LogP contribution in [-0.4, -0.2) is 20.9 Å². The van der Waals surface area contributed by atoms with Crippen LogP contribution in [0.1, 0.15) is 11.4 Å². The lowest BCUT2D eigenvalue weighted by Crippen LogP contribution is -2.09. The normalized spacial score (nSPS) is 10.7. The minimum atomic E-state index is -0.539. The monoisotopic (exact) mass is 305 g/mol. The van der Waals surface area contributed by atoms with Crippen molar-refractivity contribution >= 4 is 35.5 Å². The molecule has 2 aromatic rings. The predicted molar refractivity (Wildman–Crippen MR) is 78.9 cm³/mol. The highest BCUT2D eigenvalue weighted by Gasteiger charge is 2.04. The Morgan fingerprint density at radius 2 is 1.76 bits per heavy atom. The lowest BCUT2D eigenvalue weighted by atomic mass is 10.2. The molecule has 21 heavy (non-hydrogen) atoms. The molecule has 108 valence electrons. The molecular formula is C13H12ClN5O2. The molecule has 0 atom stereocenters. The van der Waals surface area contributed by atoms with Gasteiger partial charge < -0.3 is 16.2 Å². The van der Waals surface area contributed by atoms with Crippen LogP contribution in [0.2, 0.25) is 5.02 Å². The predicted octanol–water partition coefficient (Wildman–Crippen LogP) is 1.45. The molecule has 0 aliphatic carbocycles. The molecule has 1 heterocycles. The molecule has 0 bridgehead atoms. The van der Waals surface area contributed by atoms with Crippen molar-refractivity contribution in [1.29, 1.82) is 0 Å². The maximum atomic E-state index is 11.6. The number of carbonyl (C=O) groups excluding carboxylic acids is 1. The Hall–Kier alpha value is -2.67. The van der Waals surface area contributed by atoms with E-state index in [1.807, 2.05) is 0 Å². The summed E-state index contributed by atoms with van der Waals surface area (Å²) in [5.41, 5.74) is 11.6. The number of nitrogens with two attached hydrogens (primary N) is 2. The van der Waals surface area contributed by atoms with Crippen molar-refractivity contribution in [3.05, 3.63) is 46.8 Å². The molecule has 0 amide bonds. The van der Waals surface area contributed by atoms with Crippen LogP contribution in [0.15, 0.2) is 30.3 Å². The zero-order chi connectivity index (χ0) is 15.2. The van der Waals surface area contributed by atoms with Gasteiger partial charge in [-0.15, -0.1) is 0 Å². The molecule has 4 N–H and O–H groups in total. The topological polar surface area (TPSA) is 117 Å². The second kappa shape index (κ2) is 6.67. The molecule has 0 aliphatic rings. The maximum absolute atomic E-state index is 11.6. The lowest BCUT2D eigenvalue weighted by molar-refractivity contribution is -0.139. The van der Waals surface area contributed by atoms with Crippen LogP contribution in [0.3, 0.4) is 0 Å². The number of ether oxygens (including phenoxy) is 1. The van der Waals surface area contributed by atoms with Crippen molar-refractivity contribution < 1.29 is 9.53 Å². The molecule has 0 spiro atoms. The Morgan fingerprint density at radius 3 is 2.38 bits per heavy atom. The Labute approximate surface area is 125 Å². The van der Waals surface area contributed by atoms with E-state index in [1.54, 1.807) is 30.3 Å². The van der Waals surface area contributed by atoms with Crippen LogP contribution in [0.5, 0.6) is 0 Å². The minimum Gasteiger partial charge on any atom is -0.454 e. The quantitative estimate of drug-likeness (QED) is 0.648. The molecule has 0 unspecified atom stereocenters. The van der Waals surface area contributed by atoms with E-state index in [9.17, 15) is 4.79 Å². The molecule has 0 radical (unpaired) electrons. The number of halogens is 1. The van der Waals surface area contributed by atoms with E-state index in [2.05, 4.69) is 15.0 Å². The number of anilines is 2. The van der Waals surface area contributed by atoms with E-state index >= 15 is 0 Å². The first-order chi connectivity index (χ1) is 10.0. The molecule has 2 rings (SSSR count). The van der Waals surface area contributed by atoms with Crippen LogP contribution >= 0.6 is 11.6 Å². The standard InChI is InChI=1S/C13H12ClN5O2/c14-9-4-1-8(2-5-9)3-6-11(20)21-7-10-17-12(15)19-13(16)18-10/h1-6H,7H2,(H4,15,16,17,18,19)/b6-3+. The fourth-order valence-electron chi connectivity index (χ4n) is 1.44. The number of nitrogen functional groups attached to an aromatic ring is 2. The van der Waals surface area contributed by atoms with E-state index in [4.69, 9.17) is 27.8 Å². The Bertz CT molecular complexity index is 653. The van der Waals surface area contributed by atoms with E-state index in [0.717, 1.165) is 5.56 Å². The third-order valence-corrected chi connectivity index (χ3v) is 2.59. The number of hydrogen-bond donors (Lipinski definition) is 2. The van der Waals surface area contributed by atoms with Gasteiger partial charge in [0.25, 0.3) is 0 Å². The van der Waals surface area contributed by atoms with Crippen LogP contribution < -0.4 is 11.5 Å². The Morgan fingerprint density at radius 1 is 1.14 bits per heavy atom. The lowest BCUT2D eigenvalue weighted by Gasteiger charge is -2.02. The fraction of sp³-hybridized carbons (Fsp3) is 0.0769. The molecule has 1 aromatic carbocycles. The summed E-state index contributed by atoms with van der Waals surface area (Å²) >= 11 is 5.76. The van der Waals surface area contributed by atoms with Crippen molar-refractivity contribution in [3.63, 3.8) is 0 Å².